The quantitative estimate of drug-likeness (QED) is 0.156. The van der Waals surface area contributed by atoms with E-state index in [1.165, 1.54) is 24.4 Å². The average molecular weight is 571 g/mol. The molecule has 12 heteroatoms. The van der Waals surface area contributed by atoms with Crippen LogP contribution in [-0.4, -0.2) is 47.3 Å². The molecule has 0 aliphatic heterocycles. The number of aliphatic carboxylic acids is 1. The van der Waals surface area contributed by atoms with Gasteiger partial charge in [-0.3, -0.25) is 24.3 Å². The van der Waals surface area contributed by atoms with Gasteiger partial charge in [-0.15, -0.1) is 0 Å². The highest BCUT2D eigenvalue weighted by Crippen LogP contribution is 2.32. The van der Waals surface area contributed by atoms with Crippen molar-refractivity contribution in [3.8, 4) is 0 Å². The van der Waals surface area contributed by atoms with Gasteiger partial charge in [0.25, 0.3) is 15.9 Å². The summed E-state index contributed by atoms with van der Waals surface area (Å²) >= 11 is 0. The number of nitrogens with one attached hydrogen (secondary N) is 2. The number of nitrogens with two attached hydrogens (primary N) is 1. The number of aryl methyl sites for hydroxylation is 1. The van der Waals surface area contributed by atoms with Crippen LogP contribution in [0.5, 0.6) is 0 Å². The summed E-state index contributed by atoms with van der Waals surface area (Å²) in [6.45, 7) is -0.623. The molecule has 0 saturated heterocycles. The molecule has 0 aliphatic carbocycles. The van der Waals surface area contributed by atoms with E-state index in [2.05, 4.69) is 10.3 Å². The number of para-hydroxylation sites is 1. The van der Waals surface area contributed by atoms with Crippen molar-refractivity contribution in [1.82, 2.24) is 14.9 Å². The first-order chi connectivity index (χ1) is 19.6. The molecule has 3 aromatic carbocycles. The van der Waals surface area contributed by atoms with Crippen molar-refractivity contribution in [2.75, 3.05) is 10.8 Å². The van der Waals surface area contributed by atoms with Gasteiger partial charge in [-0.2, -0.15) is 0 Å². The number of benzene rings is 3. The highest BCUT2D eigenvalue weighted by atomic mass is 32.2. The number of pyridine rings is 1. The fourth-order valence-electron chi connectivity index (χ4n) is 4.64. The monoisotopic (exact) mass is 570 g/mol. The predicted octanol–water partition coefficient (Wildman–Crippen LogP) is 3.22. The normalized spacial score (nSPS) is 11.4. The van der Waals surface area contributed by atoms with Crippen LogP contribution in [-0.2, 0) is 28.4 Å². The van der Waals surface area contributed by atoms with Crippen molar-refractivity contribution in [3.63, 3.8) is 0 Å². The van der Waals surface area contributed by atoms with Crippen LogP contribution in [0.1, 0.15) is 21.5 Å². The van der Waals surface area contributed by atoms with Crippen LogP contribution in [0.25, 0.3) is 21.8 Å². The molecule has 0 saturated carbocycles. The highest BCUT2D eigenvalue weighted by Gasteiger charge is 2.30. The lowest BCUT2D eigenvalue weighted by Gasteiger charge is -2.23. The molecular formula is C29H26N6O5S. The Bertz CT molecular complexity index is 1930. The predicted molar refractivity (Wildman–Crippen MR) is 155 cm³/mol. The number of carboxylic acids is 1. The Morgan fingerprint density at radius 2 is 1.80 bits per heavy atom. The number of hydrogen-bond donors (Lipinski definition) is 4. The first-order valence-corrected chi connectivity index (χ1v) is 13.9. The van der Waals surface area contributed by atoms with Crippen LogP contribution in [0.15, 0.2) is 90.1 Å². The van der Waals surface area contributed by atoms with E-state index in [-0.39, 0.29) is 28.5 Å². The molecular weight excluding hydrogens is 544 g/mol. The minimum atomic E-state index is -4.37. The molecule has 0 spiro atoms. The fourth-order valence-corrected chi connectivity index (χ4v) is 6.21. The summed E-state index contributed by atoms with van der Waals surface area (Å²) < 4.78 is 30.3. The van der Waals surface area contributed by atoms with E-state index in [0.29, 0.717) is 27.4 Å². The Balaban J connectivity index is 1.52. The largest absolute Gasteiger partial charge is 0.480 e. The van der Waals surface area contributed by atoms with E-state index in [0.717, 1.165) is 9.87 Å². The third-order valence-corrected chi connectivity index (χ3v) is 8.47. The standard InChI is InChI=1S/C29H26N6O5S/c1-34-16-23(29(38)33-15-18-7-9-20(10-8-18)28(30)31)22-14-21(11-12-24(22)34)35(17-26(36)37)41(39,40)25-6-2-4-19-5-3-13-32-27(19)25/h2-14,16H,15,17H2,1H3,(H3,30,31)(H,33,38)(H,36,37). The van der Waals surface area contributed by atoms with E-state index < -0.39 is 28.4 Å². The fraction of sp³-hybridized carbons (Fsp3) is 0.103. The summed E-state index contributed by atoms with van der Waals surface area (Å²) in [4.78, 5) is 29.2. The zero-order valence-corrected chi connectivity index (χ0v) is 22.7. The van der Waals surface area contributed by atoms with Gasteiger partial charge in [0.2, 0.25) is 0 Å². The van der Waals surface area contributed by atoms with Crippen molar-refractivity contribution in [1.29, 1.82) is 5.41 Å². The van der Waals surface area contributed by atoms with Crippen molar-refractivity contribution >= 4 is 55.2 Å². The molecule has 2 heterocycles. The van der Waals surface area contributed by atoms with Gasteiger partial charge in [-0.1, -0.05) is 42.5 Å². The first-order valence-electron chi connectivity index (χ1n) is 12.4. The maximum absolute atomic E-state index is 13.9. The number of anilines is 1. The Labute approximate surface area is 235 Å². The van der Waals surface area contributed by atoms with Crippen molar-refractivity contribution in [2.45, 2.75) is 11.4 Å². The summed E-state index contributed by atoms with van der Waals surface area (Å²) in [5.41, 5.74) is 8.13. The maximum atomic E-state index is 13.9. The number of nitrogens with zero attached hydrogens (tertiary/aromatic N) is 3. The molecule has 11 nitrogen and oxygen atoms in total. The van der Waals surface area contributed by atoms with Gasteiger partial charge >= 0.3 is 5.97 Å². The summed E-state index contributed by atoms with van der Waals surface area (Å²) in [6.07, 6.45) is 3.11. The third kappa shape index (κ3) is 5.32. The van der Waals surface area contributed by atoms with Crippen LogP contribution in [0.3, 0.4) is 0 Å². The van der Waals surface area contributed by atoms with Gasteiger partial charge in [0, 0.05) is 47.8 Å². The molecule has 0 fully saturated rings. The van der Waals surface area contributed by atoms with Gasteiger partial charge in [-0.05, 0) is 35.9 Å². The summed E-state index contributed by atoms with van der Waals surface area (Å²) in [5.74, 6) is -1.79. The smallest absolute Gasteiger partial charge is 0.324 e. The summed E-state index contributed by atoms with van der Waals surface area (Å²) in [7, 11) is -2.61. The zero-order chi connectivity index (χ0) is 29.3. The Hall–Kier alpha value is -5.23. The highest BCUT2D eigenvalue weighted by molar-refractivity contribution is 7.93. The number of fused-ring (bicyclic) bond motifs is 2. The van der Waals surface area contributed by atoms with Gasteiger partial charge in [0.1, 0.15) is 17.3 Å². The molecule has 0 unspecified atom stereocenters. The first kappa shape index (κ1) is 27.3. The van der Waals surface area contributed by atoms with Gasteiger partial charge in [0.15, 0.2) is 0 Å². The van der Waals surface area contributed by atoms with Crippen LogP contribution < -0.4 is 15.4 Å². The number of carbonyl (C=O) groups is 2. The molecule has 41 heavy (non-hydrogen) atoms. The second-order valence-corrected chi connectivity index (χ2v) is 11.2. The SMILES string of the molecule is Cn1cc(C(=O)NCc2ccc(C(=N)N)cc2)c2cc(N(CC(=O)O)S(=O)(=O)c3cccc4cccnc34)ccc21. The van der Waals surface area contributed by atoms with E-state index >= 15 is 0 Å². The third-order valence-electron chi connectivity index (χ3n) is 6.67. The number of aromatic nitrogens is 2. The maximum Gasteiger partial charge on any atom is 0.324 e. The molecule has 208 valence electrons. The zero-order valence-electron chi connectivity index (χ0n) is 21.9. The van der Waals surface area contributed by atoms with E-state index in [9.17, 15) is 23.1 Å². The van der Waals surface area contributed by atoms with E-state index in [1.54, 1.807) is 72.4 Å². The molecule has 5 rings (SSSR count). The second-order valence-electron chi connectivity index (χ2n) is 9.39. The molecule has 0 radical (unpaired) electrons. The van der Waals surface area contributed by atoms with Crippen molar-refractivity contribution < 1.29 is 23.1 Å². The number of amidine groups is 1. The Morgan fingerprint density at radius 3 is 2.51 bits per heavy atom. The Kier molecular flexibility index (Phi) is 7.16. The Morgan fingerprint density at radius 1 is 1.07 bits per heavy atom. The number of hydrogen-bond acceptors (Lipinski definition) is 6. The molecule has 2 aromatic heterocycles. The number of rotatable bonds is 9. The number of sulfonamides is 1. The van der Waals surface area contributed by atoms with Crippen molar-refractivity contribution in [2.24, 2.45) is 12.8 Å². The second kappa shape index (κ2) is 10.7. The molecule has 0 aliphatic rings. The van der Waals surface area contributed by atoms with Crippen LogP contribution >= 0.6 is 0 Å². The van der Waals surface area contributed by atoms with Crippen LogP contribution in [0, 0.1) is 5.41 Å². The molecule has 1 amide bonds. The molecule has 0 atom stereocenters. The lowest BCUT2D eigenvalue weighted by molar-refractivity contribution is -0.135. The van der Waals surface area contributed by atoms with Crippen LogP contribution in [0.4, 0.5) is 5.69 Å². The number of amides is 1. The lowest BCUT2D eigenvalue weighted by Crippen LogP contribution is -2.36. The van der Waals surface area contributed by atoms with E-state index in [1.807, 2.05) is 0 Å². The minimum Gasteiger partial charge on any atom is -0.480 e. The summed E-state index contributed by atoms with van der Waals surface area (Å²) in [5, 5.41) is 21.1. The van der Waals surface area contributed by atoms with Gasteiger partial charge in [0.05, 0.1) is 16.8 Å². The van der Waals surface area contributed by atoms with Gasteiger partial charge < -0.3 is 20.7 Å². The minimum absolute atomic E-state index is 0.0529. The average Bonchev–Trinajstić information content (AvgIpc) is 3.29. The van der Waals surface area contributed by atoms with Crippen LogP contribution in [0.2, 0.25) is 0 Å². The molecule has 5 aromatic rings. The molecule has 0 bridgehead atoms. The number of carboxylic acid groups (broad SMARTS) is 1. The van der Waals surface area contributed by atoms with Crippen molar-refractivity contribution in [3.05, 3.63) is 102 Å². The number of carbonyl (C=O) groups excluding carboxylic acids is 1. The number of nitrogen functional groups attached to an aromatic ring is 1. The molecule has 5 N–H and O–H groups in total. The lowest BCUT2D eigenvalue weighted by atomic mass is 10.1. The topological polar surface area (TPSA) is 171 Å². The summed E-state index contributed by atoms with van der Waals surface area (Å²) in [6, 6.07) is 19.7. The van der Waals surface area contributed by atoms with E-state index in [4.69, 9.17) is 11.1 Å². The van der Waals surface area contributed by atoms with Gasteiger partial charge in [-0.25, -0.2) is 8.42 Å².